The van der Waals surface area contributed by atoms with Gasteiger partial charge in [-0.05, 0) is 113 Å². The maximum absolute atomic E-state index is 4.76. The number of aryl methyl sites for hydroxylation is 3. The largest absolute Gasteiger partial charge is 0.242 e. The van der Waals surface area contributed by atoms with Crippen LogP contribution in [0.5, 0.6) is 0 Å². The summed E-state index contributed by atoms with van der Waals surface area (Å²) in [4.78, 5) is 0. The van der Waals surface area contributed by atoms with Gasteiger partial charge in [-0.3, -0.25) is 0 Å². The van der Waals surface area contributed by atoms with E-state index in [0.717, 1.165) is 17.1 Å². The summed E-state index contributed by atoms with van der Waals surface area (Å²) in [5.74, 6) is 0. The van der Waals surface area contributed by atoms with Crippen molar-refractivity contribution in [3.63, 3.8) is 0 Å². The first-order chi connectivity index (χ1) is 13.5. The quantitative estimate of drug-likeness (QED) is 0.572. The molecule has 0 atom stereocenters. The first-order valence-electron chi connectivity index (χ1n) is 10.2. The highest BCUT2D eigenvalue weighted by Crippen LogP contribution is 2.39. The molecule has 0 N–H and O–H groups in total. The normalized spacial score (nSPS) is 11.3. The molecule has 3 aromatic rings. The fourth-order valence-electron chi connectivity index (χ4n) is 4.38. The van der Waals surface area contributed by atoms with Crippen molar-refractivity contribution in [3.05, 3.63) is 55.9 Å². The zero-order valence-electron chi connectivity index (χ0n) is 19.8. The van der Waals surface area contributed by atoms with E-state index in [1.54, 1.807) is 0 Å². The highest BCUT2D eigenvalue weighted by atomic mass is 15.3. The summed E-state index contributed by atoms with van der Waals surface area (Å²) in [6, 6.07) is 0. The Labute approximate surface area is 175 Å². The molecule has 0 amide bonds. The van der Waals surface area contributed by atoms with Gasteiger partial charge in [0.05, 0.1) is 17.0 Å². The lowest BCUT2D eigenvalue weighted by Crippen LogP contribution is -2.38. The molecule has 0 bridgehead atoms. The number of benzene rings is 1. The van der Waals surface area contributed by atoms with E-state index in [1.807, 2.05) is 18.7 Å². The third-order valence-corrected chi connectivity index (χ3v) is 6.94. The molecule has 0 unspecified atom stereocenters. The predicted molar refractivity (Wildman–Crippen MR) is 119 cm³/mol. The molecule has 2 aromatic heterocycles. The zero-order chi connectivity index (χ0) is 21.8. The fraction of sp³-hybridized carbons (Fsp3) is 0.440. The van der Waals surface area contributed by atoms with Gasteiger partial charge in [-0.1, -0.05) is 4.68 Å². The van der Waals surface area contributed by atoms with Gasteiger partial charge in [0.1, 0.15) is 5.69 Å². The molecular weight excluding hydrogens is 356 g/mol. The van der Waals surface area contributed by atoms with E-state index in [2.05, 4.69) is 72.5 Å². The first kappa shape index (κ1) is 21.1. The van der Waals surface area contributed by atoms with Gasteiger partial charge >= 0.3 is 0 Å². The van der Waals surface area contributed by atoms with E-state index in [4.69, 9.17) is 5.10 Å². The second kappa shape index (κ2) is 7.33. The molecule has 0 fully saturated rings. The van der Waals surface area contributed by atoms with Gasteiger partial charge in [0, 0.05) is 11.1 Å². The maximum atomic E-state index is 4.76. The third kappa shape index (κ3) is 3.15. The van der Waals surface area contributed by atoms with E-state index in [9.17, 15) is 0 Å². The van der Waals surface area contributed by atoms with Crippen LogP contribution in [0.25, 0.3) is 22.5 Å². The molecule has 4 heteroatoms. The van der Waals surface area contributed by atoms with Gasteiger partial charge in [-0.25, -0.2) is 0 Å². The molecule has 3 rings (SSSR count). The van der Waals surface area contributed by atoms with E-state index in [-0.39, 0.29) is 0 Å². The monoisotopic (exact) mass is 389 g/mol. The molecule has 0 saturated carbocycles. The summed E-state index contributed by atoms with van der Waals surface area (Å²) in [6.45, 7) is 21.6. The van der Waals surface area contributed by atoms with Gasteiger partial charge in [0.25, 0.3) is 0 Å². The minimum absolute atomic E-state index is 0.996. The van der Waals surface area contributed by atoms with E-state index < -0.39 is 0 Å². The lowest BCUT2D eigenvalue weighted by Gasteiger charge is -2.21. The smallest absolute Gasteiger partial charge is 0.155 e. The average molecular weight is 390 g/mol. The molecule has 29 heavy (non-hydrogen) atoms. The molecule has 0 aliphatic carbocycles. The molecule has 1 aromatic carbocycles. The Bertz CT molecular complexity index is 1130. The van der Waals surface area contributed by atoms with Crippen molar-refractivity contribution >= 4 is 0 Å². The number of hydrogen-bond donors (Lipinski definition) is 0. The minimum atomic E-state index is 0.996. The summed E-state index contributed by atoms with van der Waals surface area (Å²) < 4.78 is 2.03. The lowest BCUT2D eigenvalue weighted by molar-refractivity contribution is -0.721. The van der Waals surface area contributed by atoms with Crippen LogP contribution in [0.2, 0.25) is 0 Å². The van der Waals surface area contributed by atoms with Crippen LogP contribution in [0.3, 0.4) is 0 Å². The van der Waals surface area contributed by atoms with Crippen LogP contribution in [-0.4, -0.2) is 15.3 Å². The molecule has 0 aliphatic rings. The zero-order valence-corrected chi connectivity index (χ0v) is 19.8. The van der Waals surface area contributed by atoms with Crippen molar-refractivity contribution in [2.24, 2.45) is 7.05 Å². The minimum Gasteiger partial charge on any atom is -0.155 e. The number of aromatic nitrogens is 4. The first-order valence-corrected chi connectivity index (χ1v) is 10.2. The van der Waals surface area contributed by atoms with Crippen LogP contribution >= 0.6 is 0 Å². The van der Waals surface area contributed by atoms with Crippen molar-refractivity contribution in [2.45, 2.75) is 69.2 Å². The number of rotatable bonds is 2. The van der Waals surface area contributed by atoms with Gasteiger partial charge in [0.2, 0.25) is 5.69 Å². The van der Waals surface area contributed by atoms with Crippen molar-refractivity contribution in [2.75, 3.05) is 0 Å². The second-order valence-electron chi connectivity index (χ2n) is 8.44. The molecule has 0 spiro atoms. The SMILES string of the molecule is Cc1nnc(-c2c(C)c(C)c(-c3c(C)c(C)c(C)n[n+]3C)c(C)c2C)c(C)c1C. The number of nitrogens with zero attached hydrogens (tertiary/aromatic N) is 4. The average Bonchev–Trinajstić information content (AvgIpc) is 2.67. The van der Waals surface area contributed by atoms with Crippen LogP contribution in [0.1, 0.15) is 55.9 Å². The summed E-state index contributed by atoms with van der Waals surface area (Å²) in [5, 5.41) is 13.8. The second-order valence-corrected chi connectivity index (χ2v) is 8.44. The summed E-state index contributed by atoms with van der Waals surface area (Å²) in [7, 11) is 2.05. The summed E-state index contributed by atoms with van der Waals surface area (Å²) in [6.07, 6.45) is 0. The maximum Gasteiger partial charge on any atom is 0.242 e. The molecule has 0 saturated heterocycles. The van der Waals surface area contributed by atoms with Crippen LogP contribution in [-0.2, 0) is 7.05 Å². The van der Waals surface area contributed by atoms with E-state index in [1.165, 1.54) is 61.3 Å². The Hall–Kier alpha value is -2.62. The van der Waals surface area contributed by atoms with Gasteiger partial charge in [0.15, 0.2) is 7.05 Å². The molecular formula is C25H33N4+. The molecule has 0 aliphatic heterocycles. The predicted octanol–water partition coefficient (Wildman–Crippen LogP) is 5.11. The highest BCUT2D eigenvalue weighted by Gasteiger charge is 2.27. The van der Waals surface area contributed by atoms with Gasteiger partial charge in [-0.15, -0.1) is 5.10 Å². The topological polar surface area (TPSA) is 42.6 Å². The van der Waals surface area contributed by atoms with Crippen LogP contribution in [0.4, 0.5) is 0 Å². The Balaban J connectivity index is 2.41. The fourth-order valence-corrected chi connectivity index (χ4v) is 4.38. The standard InChI is InChI=1S/C25H33N4/c1-12-18(7)24(27-26-20(12)9)22-14(3)16(5)23(17(6)15(22)4)25-19(8)13(2)21(10)28-29(25)11/h1-11H3/q+1. The van der Waals surface area contributed by atoms with Crippen molar-refractivity contribution < 1.29 is 4.68 Å². The Kier molecular flexibility index (Phi) is 5.33. The van der Waals surface area contributed by atoms with Crippen molar-refractivity contribution in [1.29, 1.82) is 0 Å². The Morgan fingerprint density at radius 2 is 0.966 bits per heavy atom. The van der Waals surface area contributed by atoms with E-state index >= 15 is 0 Å². The lowest BCUT2D eigenvalue weighted by atomic mass is 9.83. The molecule has 0 radical (unpaired) electrons. The summed E-state index contributed by atoms with van der Waals surface area (Å²) >= 11 is 0. The van der Waals surface area contributed by atoms with Crippen molar-refractivity contribution in [3.8, 4) is 22.5 Å². The molecule has 152 valence electrons. The van der Waals surface area contributed by atoms with Gasteiger partial charge in [-0.2, -0.15) is 5.10 Å². The Morgan fingerprint density at radius 3 is 1.52 bits per heavy atom. The van der Waals surface area contributed by atoms with Crippen LogP contribution in [0, 0.1) is 69.2 Å². The van der Waals surface area contributed by atoms with Crippen LogP contribution < -0.4 is 4.68 Å². The van der Waals surface area contributed by atoms with Gasteiger partial charge < -0.3 is 0 Å². The molecule has 2 heterocycles. The van der Waals surface area contributed by atoms with Crippen molar-refractivity contribution in [1.82, 2.24) is 15.3 Å². The third-order valence-electron chi connectivity index (χ3n) is 6.94. The van der Waals surface area contributed by atoms with Crippen LogP contribution in [0.15, 0.2) is 0 Å². The summed E-state index contributed by atoms with van der Waals surface area (Å²) in [5.41, 5.74) is 16.9. The highest BCUT2D eigenvalue weighted by molar-refractivity contribution is 5.81. The van der Waals surface area contributed by atoms with E-state index in [0.29, 0.717) is 0 Å². The number of hydrogen-bond acceptors (Lipinski definition) is 3. The molecule has 4 nitrogen and oxygen atoms in total. The Morgan fingerprint density at radius 1 is 0.483 bits per heavy atom.